The van der Waals surface area contributed by atoms with Crippen molar-refractivity contribution >= 4 is 33.7 Å². The van der Waals surface area contributed by atoms with Gasteiger partial charge in [0.25, 0.3) is 0 Å². The molecule has 2 atom stereocenters. The molecule has 0 aliphatic heterocycles. The van der Waals surface area contributed by atoms with E-state index in [-0.39, 0.29) is 0 Å². The van der Waals surface area contributed by atoms with Crippen LogP contribution in [0.2, 0.25) is 10.4 Å². The van der Waals surface area contributed by atoms with Crippen LogP contribution in [0.4, 0.5) is 0 Å². The van der Waals surface area contributed by atoms with Crippen molar-refractivity contribution < 1.29 is 0 Å². The van der Waals surface area contributed by atoms with Crippen molar-refractivity contribution in [3.8, 4) is 0 Å². The Hall–Kier alpha value is 1.12. The van der Waals surface area contributed by atoms with Gasteiger partial charge in [-0.25, -0.2) is 0 Å². The second kappa shape index (κ2) is 4.89. The molecule has 0 aromatic carbocycles. The van der Waals surface area contributed by atoms with E-state index >= 15 is 0 Å². The first kappa shape index (κ1) is 9.21. The summed E-state index contributed by atoms with van der Waals surface area (Å²) in [4.78, 5) is 0. The average molecular weight is 264 g/mol. The fraction of sp³-hybridized carbons (Fsp3) is 1.00. The van der Waals surface area contributed by atoms with E-state index in [1.165, 1.54) is 36.1 Å². The zero-order valence-corrected chi connectivity index (χ0v) is 11.4. The Bertz CT molecular complexity index is 73.3. The summed E-state index contributed by atoms with van der Waals surface area (Å²) < 4.78 is 0. The Balaban J connectivity index is 2.17. The number of hydrogen-bond acceptors (Lipinski definition) is 0. The molecular formula is C8H18As2. The van der Waals surface area contributed by atoms with E-state index in [0.29, 0.717) is 0 Å². The molecule has 0 aromatic heterocycles. The molecule has 0 radical (unpaired) electrons. The first-order chi connectivity index (χ1) is 4.86. The quantitative estimate of drug-likeness (QED) is 0.650. The monoisotopic (exact) mass is 264 g/mol. The van der Waals surface area contributed by atoms with Crippen LogP contribution in [0.1, 0.15) is 25.7 Å². The zero-order valence-electron chi connectivity index (χ0n) is 6.55. The molecule has 1 aliphatic carbocycles. The maximum absolute atomic E-state index is 1.93. The second-order valence-electron chi connectivity index (χ2n) is 3.36. The van der Waals surface area contributed by atoms with Crippen molar-refractivity contribution in [3.05, 3.63) is 0 Å². The van der Waals surface area contributed by atoms with Crippen molar-refractivity contribution in [2.75, 3.05) is 0 Å². The van der Waals surface area contributed by atoms with Gasteiger partial charge in [-0.3, -0.25) is 0 Å². The first-order valence-corrected chi connectivity index (χ1v) is 7.69. The Morgan fingerprint density at radius 3 is 1.30 bits per heavy atom. The predicted molar refractivity (Wildman–Crippen MR) is 52.2 cm³/mol. The van der Waals surface area contributed by atoms with Gasteiger partial charge in [0.2, 0.25) is 0 Å². The van der Waals surface area contributed by atoms with Crippen molar-refractivity contribution in [3.63, 3.8) is 0 Å². The minimum absolute atomic E-state index is 1.11. The Morgan fingerprint density at radius 1 is 0.800 bits per heavy atom. The summed E-state index contributed by atoms with van der Waals surface area (Å²) in [5.41, 5.74) is 0. The zero-order chi connectivity index (χ0) is 7.40. The van der Waals surface area contributed by atoms with Crippen LogP contribution in [0.15, 0.2) is 0 Å². The fourth-order valence-corrected chi connectivity index (χ4v) is 3.68. The third-order valence-corrected chi connectivity index (χ3v) is 5.43. The molecule has 2 heteroatoms. The van der Waals surface area contributed by atoms with Crippen LogP contribution in [0.3, 0.4) is 0 Å². The molecule has 1 rings (SSSR count). The van der Waals surface area contributed by atoms with Gasteiger partial charge >= 0.3 is 81.6 Å². The average Bonchev–Trinajstić information content (AvgIpc) is 2.05. The van der Waals surface area contributed by atoms with Gasteiger partial charge in [-0.15, -0.1) is 0 Å². The van der Waals surface area contributed by atoms with Crippen LogP contribution in [-0.2, 0) is 0 Å². The summed E-state index contributed by atoms with van der Waals surface area (Å²) in [5.74, 6) is 2.21. The predicted octanol–water partition coefficient (Wildman–Crippen LogP) is 0.896. The molecule has 0 amide bonds. The Labute approximate surface area is 81.5 Å². The summed E-state index contributed by atoms with van der Waals surface area (Å²) in [6.45, 7) is 0. The van der Waals surface area contributed by atoms with Crippen molar-refractivity contribution in [1.29, 1.82) is 0 Å². The molecule has 60 valence electrons. The molecule has 0 aromatic rings. The molecule has 0 nitrogen and oxygen atoms in total. The van der Waals surface area contributed by atoms with Crippen LogP contribution >= 0.6 is 0 Å². The molecule has 0 bridgehead atoms. The number of rotatable bonds is 2. The molecule has 1 saturated carbocycles. The van der Waals surface area contributed by atoms with E-state index in [2.05, 4.69) is 0 Å². The topological polar surface area (TPSA) is 0 Å². The Morgan fingerprint density at radius 2 is 1.10 bits per heavy atom. The maximum atomic E-state index is 1.93. The summed E-state index contributed by atoms with van der Waals surface area (Å²) >= 11 is 3.85. The van der Waals surface area contributed by atoms with E-state index in [9.17, 15) is 0 Å². The van der Waals surface area contributed by atoms with Gasteiger partial charge in [-0.05, 0) is 0 Å². The first-order valence-electron chi connectivity index (χ1n) is 4.27. The van der Waals surface area contributed by atoms with Gasteiger partial charge in [-0.2, -0.15) is 0 Å². The normalized spacial score (nSPS) is 34.2. The Kier molecular flexibility index (Phi) is 4.50. The molecule has 0 heterocycles. The molecule has 0 saturated heterocycles. The summed E-state index contributed by atoms with van der Waals surface area (Å²) in [5, 5.41) is 2.96. The fourth-order valence-electron chi connectivity index (χ4n) is 1.70. The van der Waals surface area contributed by atoms with E-state index in [4.69, 9.17) is 0 Å². The molecule has 0 N–H and O–H groups in total. The second-order valence-corrected chi connectivity index (χ2v) is 5.34. The summed E-state index contributed by atoms with van der Waals surface area (Å²) in [6, 6.07) is 0. The summed E-state index contributed by atoms with van der Waals surface area (Å²) in [6.07, 6.45) is 6.14. The van der Waals surface area contributed by atoms with Crippen LogP contribution in [-0.4, -0.2) is 33.7 Å². The van der Waals surface area contributed by atoms with Gasteiger partial charge in [0, 0.05) is 0 Å². The standard InChI is InChI=1S/C8H18As2/c9-5-7-1-2-8(6-10)4-3-7/h7-8H,1-6,9-10H2. The van der Waals surface area contributed by atoms with Crippen LogP contribution in [0.25, 0.3) is 0 Å². The third-order valence-electron chi connectivity index (χ3n) is 2.63. The van der Waals surface area contributed by atoms with E-state index in [0.717, 1.165) is 11.8 Å². The van der Waals surface area contributed by atoms with Gasteiger partial charge < -0.3 is 0 Å². The van der Waals surface area contributed by atoms with Crippen molar-refractivity contribution in [2.24, 2.45) is 11.8 Å². The molecule has 10 heavy (non-hydrogen) atoms. The van der Waals surface area contributed by atoms with Crippen molar-refractivity contribution in [1.82, 2.24) is 0 Å². The van der Waals surface area contributed by atoms with Gasteiger partial charge in [0.05, 0.1) is 0 Å². The SMILES string of the molecule is [AsH2]CC1CCC(C[AsH2])CC1. The van der Waals surface area contributed by atoms with Crippen LogP contribution in [0, 0.1) is 11.8 Å². The molecule has 1 aliphatic rings. The van der Waals surface area contributed by atoms with Crippen LogP contribution in [0.5, 0.6) is 0 Å². The van der Waals surface area contributed by atoms with Crippen molar-refractivity contribution in [2.45, 2.75) is 36.1 Å². The van der Waals surface area contributed by atoms with E-state index in [1.807, 2.05) is 33.7 Å². The van der Waals surface area contributed by atoms with E-state index in [1.54, 1.807) is 0 Å². The molecule has 0 spiro atoms. The van der Waals surface area contributed by atoms with Crippen LogP contribution < -0.4 is 0 Å². The summed E-state index contributed by atoms with van der Waals surface area (Å²) in [7, 11) is 0. The van der Waals surface area contributed by atoms with E-state index < -0.39 is 0 Å². The number of hydrogen-bond donors (Lipinski definition) is 0. The minimum atomic E-state index is 1.11. The molecule has 1 fully saturated rings. The van der Waals surface area contributed by atoms with Gasteiger partial charge in [0.15, 0.2) is 0 Å². The molecule has 2 unspecified atom stereocenters. The van der Waals surface area contributed by atoms with Gasteiger partial charge in [0.1, 0.15) is 0 Å². The third kappa shape index (κ3) is 2.63. The molecular weight excluding hydrogens is 246 g/mol. The van der Waals surface area contributed by atoms with Gasteiger partial charge in [-0.1, -0.05) is 0 Å².